The van der Waals surface area contributed by atoms with Gasteiger partial charge in [0.1, 0.15) is 11.5 Å². The number of allylic oxidation sites excluding steroid dienone is 11. The van der Waals surface area contributed by atoms with E-state index in [1.165, 1.54) is 6.08 Å². The van der Waals surface area contributed by atoms with E-state index < -0.39 is 0 Å². The second-order valence-corrected chi connectivity index (χ2v) is 6.59. The van der Waals surface area contributed by atoms with Crippen molar-refractivity contribution in [1.82, 2.24) is 9.88 Å². The number of amides is 1. The molecule has 0 fully saturated rings. The van der Waals surface area contributed by atoms with E-state index in [1.807, 2.05) is 60.1 Å². The average molecular weight is 389 g/mol. The normalized spacial score (nSPS) is 14.7. The van der Waals surface area contributed by atoms with Gasteiger partial charge >= 0.3 is 0 Å². The molecule has 0 bridgehead atoms. The highest BCUT2D eigenvalue weighted by atomic mass is 19.1. The van der Waals surface area contributed by atoms with Gasteiger partial charge in [-0.3, -0.25) is 4.79 Å². The second kappa shape index (κ2) is 9.55. The standard InChI is InChI=1S/C24H24FN3O/c1-2-3-4-5-9-14-27-24(29)23-16-19-15-20(26)12-13-22(19)28(23)17-18-10-7-6-8-11-21(18)25/h2-6,8-16H,7,17,26H2,1H3,(H,27,29)/b3-2-,5-4-,14-9+. The molecule has 3 rings (SSSR count). The summed E-state index contributed by atoms with van der Waals surface area (Å²) in [5, 5.41) is 3.60. The van der Waals surface area contributed by atoms with E-state index in [2.05, 4.69) is 5.32 Å². The van der Waals surface area contributed by atoms with Crippen molar-refractivity contribution in [1.29, 1.82) is 0 Å². The van der Waals surface area contributed by atoms with E-state index >= 15 is 0 Å². The fourth-order valence-electron chi connectivity index (χ4n) is 3.10. The number of benzene rings is 1. The van der Waals surface area contributed by atoms with Crippen LogP contribution in [0.2, 0.25) is 0 Å². The van der Waals surface area contributed by atoms with Crippen molar-refractivity contribution in [3.8, 4) is 0 Å². The Balaban J connectivity index is 1.92. The smallest absolute Gasteiger partial charge is 0.271 e. The number of carbonyl (C=O) groups excluding carboxylic acids is 1. The van der Waals surface area contributed by atoms with Gasteiger partial charge in [0, 0.05) is 28.4 Å². The molecule has 2 aromatic rings. The third-order valence-corrected chi connectivity index (χ3v) is 4.51. The fraction of sp³-hybridized carbons (Fsp3) is 0.125. The first-order chi connectivity index (χ1) is 14.1. The van der Waals surface area contributed by atoms with Crippen LogP contribution in [0.15, 0.2) is 96.5 Å². The highest BCUT2D eigenvalue weighted by molar-refractivity contribution is 5.99. The minimum atomic E-state index is -0.295. The van der Waals surface area contributed by atoms with Gasteiger partial charge in [0.2, 0.25) is 0 Å². The van der Waals surface area contributed by atoms with Crippen molar-refractivity contribution < 1.29 is 9.18 Å². The van der Waals surface area contributed by atoms with E-state index in [4.69, 9.17) is 5.73 Å². The molecule has 3 N–H and O–H groups in total. The van der Waals surface area contributed by atoms with Crippen LogP contribution in [0.3, 0.4) is 0 Å². The van der Waals surface area contributed by atoms with Crippen LogP contribution in [0.25, 0.3) is 10.9 Å². The number of rotatable bonds is 6. The first kappa shape index (κ1) is 20.1. The maximum Gasteiger partial charge on any atom is 0.271 e. The predicted octanol–water partition coefficient (Wildman–Crippen LogP) is 5.34. The number of carbonyl (C=O) groups is 1. The van der Waals surface area contributed by atoms with Crippen molar-refractivity contribution >= 4 is 22.5 Å². The van der Waals surface area contributed by atoms with Crippen LogP contribution in [0.4, 0.5) is 10.1 Å². The first-order valence-corrected chi connectivity index (χ1v) is 9.46. The van der Waals surface area contributed by atoms with Crippen molar-refractivity contribution in [3.05, 3.63) is 102 Å². The summed E-state index contributed by atoms with van der Waals surface area (Å²) in [6.07, 6.45) is 18.3. The summed E-state index contributed by atoms with van der Waals surface area (Å²) in [5.74, 6) is -0.566. The molecule has 5 heteroatoms. The Morgan fingerprint density at radius 1 is 1.24 bits per heavy atom. The molecule has 148 valence electrons. The molecule has 4 nitrogen and oxygen atoms in total. The number of nitrogen functional groups attached to an aromatic ring is 1. The number of hydrogen-bond donors (Lipinski definition) is 2. The summed E-state index contributed by atoms with van der Waals surface area (Å²) >= 11 is 0. The third-order valence-electron chi connectivity index (χ3n) is 4.51. The van der Waals surface area contributed by atoms with E-state index in [-0.39, 0.29) is 18.3 Å². The third kappa shape index (κ3) is 5.02. The molecule has 0 spiro atoms. The van der Waals surface area contributed by atoms with Crippen LogP contribution in [-0.4, -0.2) is 10.5 Å². The zero-order valence-corrected chi connectivity index (χ0v) is 16.3. The van der Waals surface area contributed by atoms with Crippen molar-refractivity contribution in [2.75, 3.05) is 5.73 Å². The molecule has 29 heavy (non-hydrogen) atoms. The van der Waals surface area contributed by atoms with Crippen LogP contribution in [-0.2, 0) is 6.54 Å². The molecule has 1 amide bonds. The monoisotopic (exact) mass is 389 g/mol. The highest BCUT2D eigenvalue weighted by Crippen LogP contribution is 2.26. The molecule has 1 aromatic heterocycles. The lowest BCUT2D eigenvalue weighted by atomic mass is 10.2. The largest absolute Gasteiger partial charge is 0.399 e. The summed E-state index contributed by atoms with van der Waals surface area (Å²) in [4.78, 5) is 12.8. The van der Waals surface area contributed by atoms with Gasteiger partial charge in [-0.15, -0.1) is 0 Å². The summed E-state index contributed by atoms with van der Waals surface area (Å²) in [7, 11) is 0. The van der Waals surface area contributed by atoms with Crippen LogP contribution < -0.4 is 11.1 Å². The molecule has 1 aromatic carbocycles. The topological polar surface area (TPSA) is 60.1 Å². The number of halogens is 1. The predicted molar refractivity (Wildman–Crippen MR) is 118 cm³/mol. The zero-order valence-electron chi connectivity index (χ0n) is 16.3. The maximum atomic E-state index is 14.4. The number of nitrogens with two attached hydrogens (primary N) is 1. The number of nitrogens with one attached hydrogen (secondary N) is 1. The number of nitrogens with zero attached hydrogens (tertiary/aromatic N) is 1. The van der Waals surface area contributed by atoms with Gasteiger partial charge in [-0.25, -0.2) is 4.39 Å². The molecule has 1 aliphatic carbocycles. The van der Waals surface area contributed by atoms with E-state index in [9.17, 15) is 9.18 Å². The SMILES string of the molecule is C\C=C/C=C\C=C\NC(=O)c1cc2cc(N)ccc2n1CC1=CCC=CC=C1F. The van der Waals surface area contributed by atoms with E-state index in [0.29, 0.717) is 23.4 Å². The summed E-state index contributed by atoms with van der Waals surface area (Å²) in [6, 6.07) is 7.23. The van der Waals surface area contributed by atoms with Crippen LogP contribution in [0.5, 0.6) is 0 Å². The Hall–Kier alpha value is -3.60. The van der Waals surface area contributed by atoms with Gasteiger partial charge in [-0.05, 0) is 49.8 Å². The molecule has 0 aliphatic heterocycles. The summed E-state index contributed by atoms with van der Waals surface area (Å²) < 4.78 is 16.2. The molecular weight excluding hydrogens is 365 g/mol. The molecule has 1 heterocycles. The number of fused-ring (bicyclic) bond motifs is 1. The van der Waals surface area contributed by atoms with E-state index in [0.717, 1.165) is 10.9 Å². The summed E-state index contributed by atoms with van der Waals surface area (Å²) in [5.41, 5.74) is 8.33. The molecule has 0 unspecified atom stereocenters. The molecular formula is C24H24FN3O. The quantitative estimate of drug-likeness (QED) is 0.518. The number of anilines is 1. The van der Waals surface area contributed by atoms with Crippen LogP contribution in [0.1, 0.15) is 23.8 Å². The van der Waals surface area contributed by atoms with Gasteiger partial charge in [0.05, 0.1) is 6.54 Å². The molecule has 0 saturated heterocycles. The molecule has 0 saturated carbocycles. The van der Waals surface area contributed by atoms with Crippen molar-refractivity contribution in [2.24, 2.45) is 0 Å². The Kier molecular flexibility index (Phi) is 6.63. The van der Waals surface area contributed by atoms with Gasteiger partial charge in [0.15, 0.2) is 0 Å². The minimum absolute atomic E-state index is 0.255. The molecule has 0 atom stereocenters. The Labute approximate surface area is 169 Å². The van der Waals surface area contributed by atoms with Crippen LogP contribution in [0, 0.1) is 0 Å². The van der Waals surface area contributed by atoms with Gasteiger partial charge in [-0.1, -0.05) is 42.5 Å². The van der Waals surface area contributed by atoms with Crippen molar-refractivity contribution in [2.45, 2.75) is 19.9 Å². The average Bonchev–Trinajstić information content (AvgIpc) is 2.93. The highest BCUT2D eigenvalue weighted by Gasteiger charge is 2.17. The lowest BCUT2D eigenvalue weighted by Crippen LogP contribution is -2.21. The number of hydrogen-bond acceptors (Lipinski definition) is 2. The minimum Gasteiger partial charge on any atom is -0.399 e. The van der Waals surface area contributed by atoms with Gasteiger partial charge in [-0.2, -0.15) is 0 Å². The van der Waals surface area contributed by atoms with Gasteiger partial charge < -0.3 is 15.6 Å². The lowest BCUT2D eigenvalue weighted by molar-refractivity contribution is 0.0962. The van der Waals surface area contributed by atoms with Gasteiger partial charge in [0.25, 0.3) is 5.91 Å². The van der Waals surface area contributed by atoms with Crippen molar-refractivity contribution in [3.63, 3.8) is 0 Å². The Morgan fingerprint density at radius 2 is 2.07 bits per heavy atom. The Bertz CT molecular complexity index is 1080. The zero-order chi connectivity index (χ0) is 20.6. The summed E-state index contributed by atoms with van der Waals surface area (Å²) in [6.45, 7) is 2.18. The Morgan fingerprint density at radius 3 is 2.90 bits per heavy atom. The lowest BCUT2D eigenvalue weighted by Gasteiger charge is -2.12. The maximum absolute atomic E-state index is 14.4. The first-order valence-electron chi connectivity index (χ1n) is 9.46. The number of aromatic nitrogens is 1. The fourth-order valence-corrected chi connectivity index (χ4v) is 3.10. The van der Waals surface area contributed by atoms with E-state index in [1.54, 1.807) is 30.5 Å². The second-order valence-electron chi connectivity index (χ2n) is 6.59. The molecule has 0 radical (unpaired) electrons. The van der Waals surface area contributed by atoms with Crippen LogP contribution >= 0.6 is 0 Å². The molecule has 1 aliphatic rings.